The molecular weight excluding hydrogens is 266 g/mol. The van der Waals surface area contributed by atoms with E-state index in [1.54, 1.807) is 42.3 Å². The zero-order valence-electron chi connectivity index (χ0n) is 11.2. The van der Waals surface area contributed by atoms with Crippen LogP contribution >= 0.6 is 0 Å². The molecule has 0 spiro atoms. The van der Waals surface area contributed by atoms with Crippen molar-refractivity contribution in [3.8, 4) is 12.1 Å². The van der Waals surface area contributed by atoms with Gasteiger partial charge < -0.3 is 10.0 Å². The summed E-state index contributed by atoms with van der Waals surface area (Å²) < 4.78 is 0. The third kappa shape index (κ3) is 2.68. The largest absolute Gasteiger partial charge is 0.478 e. The van der Waals surface area contributed by atoms with E-state index >= 15 is 0 Å². The maximum absolute atomic E-state index is 11.0. The molecular formula is C16H11N3O2. The van der Waals surface area contributed by atoms with Crippen LogP contribution in [0.15, 0.2) is 42.5 Å². The van der Waals surface area contributed by atoms with Gasteiger partial charge in [0.25, 0.3) is 0 Å². The summed E-state index contributed by atoms with van der Waals surface area (Å²) in [4.78, 5) is 12.7. The molecule has 0 fully saturated rings. The highest BCUT2D eigenvalue weighted by atomic mass is 16.4. The summed E-state index contributed by atoms with van der Waals surface area (Å²) in [5.74, 6) is -1.09. The maximum atomic E-state index is 11.0. The number of carboxylic acid groups (broad SMARTS) is 1. The summed E-state index contributed by atoms with van der Waals surface area (Å²) >= 11 is 0. The first-order chi connectivity index (χ1) is 10.1. The average Bonchev–Trinajstić information content (AvgIpc) is 2.53. The molecule has 0 saturated carbocycles. The molecule has 5 nitrogen and oxygen atoms in total. The first kappa shape index (κ1) is 14.1. The van der Waals surface area contributed by atoms with Crippen molar-refractivity contribution in [1.29, 1.82) is 10.5 Å². The molecule has 5 heteroatoms. The summed E-state index contributed by atoms with van der Waals surface area (Å²) in [5.41, 5.74) is 1.97. The second kappa shape index (κ2) is 5.77. The Kier molecular flexibility index (Phi) is 3.87. The Hall–Kier alpha value is -3.31. The zero-order chi connectivity index (χ0) is 15.4. The predicted molar refractivity (Wildman–Crippen MR) is 77.3 cm³/mol. The Bertz CT molecular complexity index is 785. The van der Waals surface area contributed by atoms with Crippen LogP contribution in [0.5, 0.6) is 0 Å². The standard InChI is InChI=1S/C16H11N3O2/c1-19(14-5-3-2-4-12(14)9-17)15-7-6-11(16(20)21)8-13(15)10-18/h2-8H,1H3,(H,20,21). The number of carboxylic acids is 1. The molecule has 2 rings (SSSR count). The molecule has 0 unspecified atom stereocenters. The molecule has 0 aliphatic heterocycles. The highest BCUT2D eigenvalue weighted by molar-refractivity contribution is 5.89. The second-order valence-electron chi connectivity index (χ2n) is 4.34. The Balaban J connectivity index is 2.54. The molecule has 102 valence electrons. The molecule has 21 heavy (non-hydrogen) atoms. The minimum Gasteiger partial charge on any atom is -0.478 e. The van der Waals surface area contributed by atoms with Gasteiger partial charge in [-0.25, -0.2) is 4.79 Å². The number of para-hydroxylation sites is 1. The number of nitriles is 2. The van der Waals surface area contributed by atoms with Crippen molar-refractivity contribution >= 4 is 17.3 Å². The fraction of sp³-hybridized carbons (Fsp3) is 0.0625. The summed E-state index contributed by atoms with van der Waals surface area (Å²) in [7, 11) is 1.73. The summed E-state index contributed by atoms with van der Waals surface area (Å²) in [5, 5.41) is 27.3. The minimum absolute atomic E-state index is 0.0530. The molecule has 0 radical (unpaired) electrons. The van der Waals surface area contributed by atoms with E-state index in [-0.39, 0.29) is 11.1 Å². The topological polar surface area (TPSA) is 88.1 Å². The molecule has 0 aromatic heterocycles. The van der Waals surface area contributed by atoms with Crippen LogP contribution in [0.25, 0.3) is 0 Å². The number of benzene rings is 2. The third-order valence-electron chi connectivity index (χ3n) is 3.11. The SMILES string of the molecule is CN(c1ccccc1C#N)c1ccc(C(=O)O)cc1C#N. The van der Waals surface area contributed by atoms with Gasteiger partial charge in [0.15, 0.2) is 0 Å². The Labute approximate surface area is 121 Å². The quantitative estimate of drug-likeness (QED) is 0.931. The van der Waals surface area contributed by atoms with Gasteiger partial charge in [0, 0.05) is 7.05 Å². The molecule has 0 atom stereocenters. The predicted octanol–water partition coefficient (Wildman–Crippen LogP) is 2.90. The number of hydrogen-bond donors (Lipinski definition) is 1. The van der Waals surface area contributed by atoms with Crippen LogP contribution in [0.2, 0.25) is 0 Å². The van der Waals surface area contributed by atoms with Crippen molar-refractivity contribution < 1.29 is 9.90 Å². The van der Waals surface area contributed by atoms with E-state index in [9.17, 15) is 10.1 Å². The first-order valence-electron chi connectivity index (χ1n) is 6.08. The molecule has 2 aromatic rings. The van der Waals surface area contributed by atoms with Gasteiger partial charge >= 0.3 is 5.97 Å². The lowest BCUT2D eigenvalue weighted by molar-refractivity contribution is 0.0697. The Morgan fingerprint density at radius 2 is 1.67 bits per heavy atom. The number of carbonyl (C=O) groups is 1. The lowest BCUT2D eigenvalue weighted by atomic mass is 10.1. The summed E-state index contributed by atoms with van der Waals surface area (Å²) in [6.45, 7) is 0. The second-order valence-corrected chi connectivity index (χ2v) is 4.34. The van der Waals surface area contributed by atoms with Gasteiger partial charge in [-0.3, -0.25) is 0 Å². The Morgan fingerprint density at radius 1 is 1.05 bits per heavy atom. The first-order valence-corrected chi connectivity index (χ1v) is 6.08. The van der Waals surface area contributed by atoms with Crippen molar-refractivity contribution in [3.63, 3.8) is 0 Å². The minimum atomic E-state index is -1.09. The number of rotatable bonds is 3. The van der Waals surface area contributed by atoms with Gasteiger partial charge in [-0.1, -0.05) is 12.1 Å². The van der Waals surface area contributed by atoms with Crippen molar-refractivity contribution in [2.24, 2.45) is 0 Å². The smallest absolute Gasteiger partial charge is 0.335 e. The molecule has 0 amide bonds. The molecule has 0 heterocycles. The van der Waals surface area contributed by atoms with E-state index in [4.69, 9.17) is 10.4 Å². The highest BCUT2D eigenvalue weighted by Crippen LogP contribution is 2.29. The van der Waals surface area contributed by atoms with E-state index in [0.29, 0.717) is 16.9 Å². The van der Waals surface area contributed by atoms with Gasteiger partial charge in [0.1, 0.15) is 12.1 Å². The molecule has 0 bridgehead atoms. The van der Waals surface area contributed by atoms with Gasteiger partial charge in [-0.15, -0.1) is 0 Å². The van der Waals surface area contributed by atoms with Crippen LogP contribution in [0.4, 0.5) is 11.4 Å². The lowest BCUT2D eigenvalue weighted by Crippen LogP contribution is -2.13. The number of nitrogens with zero attached hydrogens (tertiary/aromatic N) is 3. The zero-order valence-corrected chi connectivity index (χ0v) is 11.2. The van der Waals surface area contributed by atoms with Crippen LogP contribution in [0.1, 0.15) is 21.5 Å². The fourth-order valence-electron chi connectivity index (χ4n) is 2.04. The summed E-state index contributed by atoms with van der Waals surface area (Å²) in [6, 6.07) is 15.4. The van der Waals surface area contributed by atoms with Crippen LogP contribution in [0.3, 0.4) is 0 Å². The fourth-order valence-corrected chi connectivity index (χ4v) is 2.04. The molecule has 0 saturated heterocycles. The van der Waals surface area contributed by atoms with E-state index in [1.807, 2.05) is 6.07 Å². The molecule has 2 aromatic carbocycles. The van der Waals surface area contributed by atoms with Gasteiger partial charge in [0.2, 0.25) is 0 Å². The van der Waals surface area contributed by atoms with Crippen molar-refractivity contribution in [3.05, 3.63) is 59.2 Å². The van der Waals surface area contributed by atoms with E-state index in [2.05, 4.69) is 6.07 Å². The van der Waals surface area contributed by atoms with Crippen LogP contribution in [-0.2, 0) is 0 Å². The number of anilines is 2. The molecule has 0 aliphatic rings. The van der Waals surface area contributed by atoms with Crippen LogP contribution in [0, 0.1) is 22.7 Å². The van der Waals surface area contributed by atoms with Crippen molar-refractivity contribution in [2.75, 3.05) is 11.9 Å². The van der Waals surface area contributed by atoms with Gasteiger partial charge in [-0.05, 0) is 30.3 Å². The lowest BCUT2D eigenvalue weighted by Gasteiger charge is -2.21. The van der Waals surface area contributed by atoms with Crippen molar-refractivity contribution in [2.45, 2.75) is 0 Å². The van der Waals surface area contributed by atoms with Gasteiger partial charge in [-0.2, -0.15) is 10.5 Å². The average molecular weight is 277 g/mol. The van der Waals surface area contributed by atoms with Crippen LogP contribution in [-0.4, -0.2) is 18.1 Å². The normalized spacial score (nSPS) is 9.48. The molecule has 1 N–H and O–H groups in total. The van der Waals surface area contributed by atoms with E-state index in [0.717, 1.165) is 0 Å². The van der Waals surface area contributed by atoms with Gasteiger partial charge in [0.05, 0.1) is 28.1 Å². The van der Waals surface area contributed by atoms with Crippen molar-refractivity contribution in [1.82, 2.24) is 0 Å². The number of hydrogen-bond acceptors (Lipinski definition) is 4. The van der Waals surface area contributed by atoms with E-state index in [1.165, 1.54) is 12.1 Å². The maximum Gasteiger partial charge on any atom is 0.335 e. The van der Waals surface area contributed by atoms with E-state index < -0.39 is 5.97 Å². The highest BCUT2D eigenvalue weighted by Gasteiger charge is 2.14. The summed E-state index contributed by atoms with van der Waals surface area (Å²) in [6.07, 6.45) is 0. The van der Waals surface area contributed by atoms with Crippen LogP contribution < -0.4 is 4.90 Å². The number of aromatic carboxylic acids is 1. The Morgan fingerprint density at radius 3 is 2.29 bits per heavy atom. The monoisotopic (exact) mass is 277 g/mol. The molecule has 0 aliphatic carbocycles. The third-order valence-corrected chi connectivity index (χ3v) is 3.11.